The number of unbranched alkanes of at least 4 members (excludes halogenated alkanes) is 1. The molecule has 4 unspecified atom stereocenters. The third kappa shape index (κ3) is 3.39. The highest BCUT2D eigenvalue weighted by Crippen LogP contribution is 2.49. The largest absolute Gasteiger partial charge is 0.384 e. The second kappa shape index (κ2) is 8.31. The molecule has 4 atom stereocenters. The lowest BCUT2D eigenvalue weighted by Gasteiger charge is -2.31. The first-order chi connectivity index (χ1) is 12.8. The quantitative estimate of drug-likeness (QED) is 0.443. The van der Waals surface area contributed by atoms with Gasteiger partial charge in [0.1, 0.15) is 5.84 Å². The molecule has 2 aliphatic heterocycles. The van der Waals surface area contributed by atoms with E-state index in [1.54, 1.807) is 29.2 Å². The highest BCUT2D eigenvalue weighted by Gasteiger charge is 2.61. The van der Waals surface area contributed by atoms with Crippen LogP contribution in [0.2, 0.25) is 0 Å². The number of nitrogen functional groups attached to an aromatic ring is 1. The van der Waals surface area contributed by atoms with Crippen LogP contribution in [0.3, 0.4) is 0 Å². The van der Waals surface area contributed by atoms with Crippen LogP contribution in [0.4, 0.5) is 0 Å². The van der Waals surface area contributed by atoms with E-state index in [0.29, 0.717) is 12.1 Å². The summed E-state index contributed by atoms with van der Waals surface area (Å²) in [5, 5.41) is 7.53. The minimum Gasteiger partial charge on any atom is -0.384 e. The summed E-state index contributed by atoms with van der Waals surface area (Å²) in [6, 6.07) is 6.19. The van der Waals surface area contributed by atoms with Crippen LogP contribution in [0.1, 0.15) is 50.8 Å². The lowest BCUT2D eigenvalue weighted by molar-refractivity contribution is -0.143. The molecule has 0 saturated carbocycles. The summed E-state index contributed by atoms with van der Waals surface area (Å²) in [4.78, 5) is 41.4. The van der Waals surface area contributed by atoms with Crippen molar-refractivity contribution in [3.8, 4) is 0 Å². The number of benzene rings is 1. The van der Waals surface area contributed by atoms with Crippen molar-refractivity contribution in [2.24, 2.45) is 17.6 Å². The Morgan fingerprint density at radius 1 is 1.14 bits per heavy atom. The predicted molar refractivity (Wildman–Crippen MR) is 108 cm³/mol. The van der Waals surface area contributed by atoms with Gasteiger partial charge in [-0.15, -0.1) is 12.4 Å². The zero-order valence-electron chi connectivity index (χ0n) is 16.3. The lowest BCUT2D eigenvalue weighted by atomic mass is 9.86. The van der Waals surface area contributed by atoms with Crippen LogP contribution in [0.25, 0.3) is 0 Å². The minimum absolute atomic E-state index is 0. The van der Waals surface area contributed by atoms with Crippen LogP contribution in [0.5, 0.6) is 0 Å². The number of halogens is 1. The average Bonchev–Trinajstić information content (AvgIpc) is 3.06. The number of amides is 3. The molecule has 28 heavy (non-hydrogen) atoms. The Kier molecular flexibility index (Phi) is 6.49. The van der Waals surface area contributed by atoms with Crippen LogP contribution >= 0.6 is 12.4 Å². The SMILES string of the molecule is CCCCN1C(=O)C2C(C1=O)C(c1ccc(C(=N)N)cc1)N(C(C)=O)C2C.Cl. The van der Waals surface area contributed by atoms with Gasteiger partial charge >= 0.3 is 0 Å². The smallest absolute Gasteiger partial charge is 0.235 e. The van der Waals surface area contributed by atoms with E-state index in [4.69, 9.17) is 11.1 Å². The fraction of sp³-hybridized carbons (Fsp3) is 0.500. The maximum atomic E-state index is 13.1. The van der Waals surface area contributed by atoms with Gasteiger partial charge in [-0.3, -0.25) is 24.7 Å². The second-order valence-electron chi connectivity index (χ2n) is 7.38. The fourth-order valence-electron chi connectivity index (χ4n) is 4.46. The number of nitrogens with two attached hydrogens (primary N) is 1. The Hall–Kier alpha value is -2.41. The van der Waals surface area contributed by atoms with E-state index in [2.05, 4.69) is 0 Å². The fourth-order valence-corrected chi connectivity index (χ4v) is 4.46. The monoisotopic (exact) mass is 406 g/mol. The van der Waals surface area contributed by atoms with Gasteiger partial charge in [-0.1, -0.05) is 37.6 Å². The van der Waals surface area contributed by atoms with E-state index in [0.717, 1.165) is 18.4 Å². The summed E-state index contributed by atoms with van der Waals surface area (Å²) in [5.74, 6) is -1.61. The standard InChI is InChI=1S/C20H26N4O3.ClH/c1-4-5-10-23-19(26)15-11(2)24(12(3)25)17(16(15)20(23)27)13-6-8-14(9-7-13)18(21)22;/h6-9,11,15-17H,4-5,10H2,1-3H3,(H3,21,22);1H. The van der Waals surface area contributed by atoms with Gasteiger partial charge in [-0.25, -0.2) is 0 Å². The van der Waals surface area contributed by atoms with Gasteiger partial charge in [-0.2, -0.15) is 0 Å². The highest BCUT2D eigenvalue weighted by molar-refractivity contribution is 6.07. The van der Waals surface area contributed by atoms with E-state index < -0.39 is 17.9 Å². The van der Waals surface area contributed by atoms with Gasteiger partial charge in [0, 0.05) is 25.1 Å². The van der Waals surface area contributed by atoms with Gasteiger partial charge in [0.05, 0.1) is 17.9 Å². The number of hydrogen-bond donors (Lipinski definition) is 2. The zero-order valence-corrected chi connectivity index (χ0v) is 17.2. The number of imide groups is 1. The van der Waals surface area contributed by atoms with Crippen molar-refractivity contribution in [3.63, 3.8) is 0 Å². The van der Waals surface area contributed by atoms with Crippen LogP contribution in [0, 0.1) is 17.2 Å². The van der Waals surface area contributed by atoms with Gasteiger partial charge in [0.25, 0.3) is 0 Å². The lowest BCUT2D eigenvalue weighted by Crippen LogP contribution is -2.42. The van der Waals surface area contributed by atoms with Crippen LogP contribution in [-0.2, 0) is 14.4 Å². The summed E-state index contributed by atoms with van der Waals surface area (Å²) in [6.07, 6.45) is 1.68. The molecular weight excluding hydrogens is 380 g/mol. The molecule has 0 aromatic heterocycles. The van der Waals surface area contributed by atoms with Crippen LogP contribution in [-0.4, -0.2) is 45.9 Å². The van der Waals surface area contributed by atoms with E-state index in [1.165, 1.54) is 11.8 Å². The van der Waals surface area contributed by atoms with Crippen molar-refractivity contribution in [2.75, 3.05) is 6.54 Å². The maximum absolute atomic E-state index is 13.1. The number of fused-ring (bicyclic) bond motifs is 1. The third-order valence-electron chi connectivity index (χ3n) is 5.75. The number of likely N-dealkylation sites (tertiary alicyclic amines) is 2. The average molecular weight is 407 g/mol. The number of amidine groups is 1. The number of nitrogens with zero attached hydrogens (tertiary/aromatic N) is 2. The van der Waals surface area contributed by atoms with E-state index in [1.807, 2.05) is 13.8 Å². The Labute approximate surface area is 171 Å². The Morgan fingerprint density at radius 2 is 1.71 bits per heavy atom. The first kappa shape index (κ1) is 21.9. The Balaban J connectivity index is 0.00000280. The molecule has 3 rings (SSSR count). The maximum Gasteiger partial charge on any atom is 0.235 e. The Morgan fingerprint density at radius 3 is 2.21 bits per heavy atom. The van der Waals surface area contributed by atoms with E-state index in [9.17, 15) is 14.4 Å². The third-order valence-corrected chi connectivity index (χ3v) is 5.75. The van der Waals surface area contributed by atoms with Crippen molar-refractivity contribution in [2.45, 2.75) is 45.7 Å². The molecule has 0 aliphatic carbocycles. The van der Waals surface area contributed by atoms with Crippen molar-refractivity contribution in [3.05, 3.63) is 35.4 Å². The predicted octanol–water partition coefficient (Wildman–Crippen LogP) is 2.09. The van der Waals surface area contributed by atoms with Crippen LogP contribution in [0.15, 0.2) is 24.3 Å². The van der Waals surface area contributed by atoms with Gasteiger partial charge in [-0.05, 0) is 18.9 Å². The van der Waals surface area contributed by atoms with Crippen molar-refractivity contribution in [1.82, 2.24) is 9.80 Å². The molecule has 3 N–H and O–H groups in total. The Bertz CT molecular complexity index is 795. The molecule has 0 spiro atoms. The summed E-state index contributed by atoms with van der Waals surface area (Å²) in [7, 11) is 0. The van der Waals surface area contributed by atoms with E-state index >= 15 is 0 Å². The summed E-state index contributed by atoms with van der Waals surface area (Å²) in [5.41, 5.74) is 6.88. The number of carbonyl (C=O) groups excluding carboxylic acids is 3. The molecule has 3 amide bonds. The number of carbonyl (C=O) groups is 3. The molecule has 2 saturated heterocycles. The van der Waals surface area contributed by atoms with Crippen molar-refractivity contribution >= 4 is 36.0 Å². The zero-order chi connectivity index (χ0) is 19.9. The molecule has 0 bridgehead atoms. The summed E-state index contributed by atoms with van der Waals surface area (Å²) < 4.78 is 0. The molecule has 8 heteroatoms. The molecule has 2 aliphatic rings. The molecule has 2 heterocycles. The van der Waals surface area contributed by atoms with Crippen molar-refractivity contribution in [1.29, 1.82) is 5.41 Å². The van der Waals surface area contributed by atoms with E-state index in [-0.39, 0.29) is 42.0 Å². The molecular formula is C20H27ClN4O3. The second-order valence-corrected chi connectivity index (χ2v) is 7.38. The molecule has 1 aromatic rings. The number of nitrogens with one attached hydrogen (secondary N) is 1. The number of rotatable bonds is 5. The van der Waals surface area contributed by atoms with Gasteiger partial charge < -0.3 is 10.6 Å². The summed E-state index contributed by atoms with van der Waals surface area (Å²) >= 11 is 0. The first-order valence-electron chi connectivity index (χ1n) is 9.38. The van der Waals surface area contributed by atoms with Crippen LogP contribution < -0.4 is 5.73 Å². The summed E-state index contributed by atoms with van der Waals surface area (Å²) in [6.45, 7) is 5.77. The van der Waals surface area contributed by atoms with Gasteiger partial charge in [0.2, 0.25) is 17.7 Å². The molecule has 7 nitrogen and oxygen atoms in total. The normalized spacial score (nSPS) is 26.2. The first-order valence-corrected chi connectivity index (χ1v) is 9.38. The molecule has 2 fully saturated rings. The highest BCUT2D eigenvalue weighted by atomic mass is 35.5. The molecule has 0 radical (unpaired) electrons. The number of hydrogen-bond acceptors (Lipinski definition) is 4. The molecule has 1 aromatic carbocycles. The topological polar surface area (TPSA) is 108 Å². The minimum atomic E-state index is -0.559. The van der Waals surface area contributed by atoms with Crippen molar-refractivity contribution < 1.29 is 14.4 Å². The van der Waals surface area contributed by atoms with Gasteiger partial charge in [0.15, 0.2) is 0 Å². The molecule has 152 valence electrons.